The van der Waals surface area contributed by atoms with Gasteiger partial charge in [-0.2, -0.15) is 0 Å². The van der Waals surface area contributed by atoms with Crippen LogP contribution in [0.5, 0.6) is 0 Å². The van der Waals surface area contributed by atoms with Crippen molar-refractivity contribution in [2.45, 2.75) is 38.5 Å². The number of hydrogen-bond acceptors (Lipinski definition) is 3. The molecule has 1 saturated carbocycles. The Kier molecular flexibility index (Phi) is 3.97. The van der Waals surface area contributed by atoms with Crippen molar-refractivity contribution in [3.63, 3.8) is 0 Å². The van der Waals surface area contributed by atoms with Gasteiger partial charge in [0, 0.05) is 30.6 Å². The van der Waals surface area contributed by atoms with E-state index in [2.05, 4.69) is 46.7 Å². The zero-order valence-corrected chi connectivity index (χ0v) is 11.9. The first-order valence-corrected chi connectivity index (χ1v) is 7.78. The lowest BCUT2D eigenvalue weighted by Crippen LogP contribution is -2.25. The predicted octanol–water partition coefficient (Wildman–Crippen LogP) is 3.37. The van der Waals surface area contributed by atoms with Crippen LogP contribution in [0.4, 0.5) is 0 Å². The van der Waals surface area contributed by atoms with Crippen molar-refractivity contribution in [2.24, 2.45) is 5.73 Å². The van der Waals surface area contributed by atoms with Crippen LogP contribution in [-0.2, 0) is 19.6 Å². The molecular weight excluding hydrogens is 252 g/mol. The summed E-state index contributed by atoms with van der Waals surface area (Å²) >= 11 is 1.85. The molecule has 2 aromatic rings. The summed E-state index contributed by atoms with van der Waals surface area (Å²) in [6.45, 7) is 2.73. The molecule has 1 heterocycles. The van der Waals surface area contributed by atoms with Crippen molar-refractivity contribution < 1.29 is 0 Å². The Bertz CT molecular complexity index is 517. The first kappa shape index (κ1) is 12.9. The largest absolute Gasteiger partial charge is 0.326 e. The van der Waals surface area contributed by atoms with E-state index < -0.39 is 0 Å². The summed E-state index contributed by atoms with van der Waals surface area (Å²) in [5.74, 6) is 0. The van der Waals surface area contributed by atoms with E-state index in [-0.39, 0.29) is 0 Å². The van der Waals surface area contributed by atoms with Gasteiger partial charge in [0.25, 0.3) is 0 Å². The molecule has 1 aromatic heterocycles. The number of nitrogens with two attached hydrogens (primary N) is 1. The summed E-state index contributed by atoms with van der Waals surface area (Å²) in [7, 11) is 0. The van der Waals surface area contributed by atoms with Crippen molar-refractivity contribution >= 4 is 11.3 Å². The monoisotopic (exact) mass is 272 g/mol. The summed E-state index contributed by atoms with van der Waals surface area (Å²) in [5.41, 5.74) is 8.50. The van der Waals surface area contributed by atoms with Gasteiger partial charge in [0.05, 0.1) is 0 Å². The molecule has 2 nitrogen and oxygen atoms in total. The fourth-order valence-electron chi connectivity index (χ4n) is 2.49. The Labute approximate surface area is 118 Å². The van der Waals surface area contributed by atoms with E-state index in [1.54, 1.807) is 0 Å². The van der Waals surface area contributed by atoms with Crippen LogP contribution in [0.3, 0.4) is 0 Å². The van der Waals surface area contributed by atoms with E-state index in [0.717, 1.165) is 19.1 Å². The van der Waals surface area contributed by atoms with Gasteiger partial charge in [0.15, 0.2) is 0 Å². The fourth-order valence-corrected chi connectivity index (χ4v) is 3.22. The van der Waals surface area contributed by atoms with Crippen LogP contribution in [-0.4, -0.2) is 10.9 Å². The zero-order valence-electron chi connectivity index (χ0n) is 11.1. The SMILES string of the molecule is NCc1ccccc1CN(Cc1cccs1)C1CC1. The van der Waals surface area contributed by atoms with Crippen LogP contribution in [0.2, 0.25) is 0 Å². The fraction of sp³-hybridized carbons (Fsp3) is 0.375. The minimum absolute atomic E-state index is 0.633. The van der Waals surface area contributed by atoms with Crippen LogP contribution in [0.15, 0.2) is 41.8 Å². The molecule has 0 unspecified atom stereocenters. The average Bonchev–Trinajstić information content (AvgIpc) is 3.17. The van der Waals surface area contributed by atoms with E-state index in [1.165, 1.54) is 28.8 Å². The number of thiophene rings is 1. The Morgan fingerprint density at radius 1 is 1.05 bits per heavy atom. The second-order valence-corrected chi connectivity index (χ2v) is 6.22. The van der Waals surface area contributed by atoms with Crippen LogP contribution >= 0.6 is 11.3 Å². The summed E-state index contributed by atoms with van der Waals surface area (Å²) in [6, 6.07) is 13.7. The van der Waals surface area contributed by atoms with Crippen molar-refractivity contribution in [2.75, 3.05) is 0 Å². The van der Waals surface area contributed by atoms with Gasteiger partial charge >= 0.3 is 0 Å². The first-order chi connectivity index (χ1) is 9.36. The summed E-state index contributed by atoms with van der Waals surface area (Å²) < 4.78 is 0. The lowest BCUT2D eigenvalue weighted by Gasteiger charge is -2.22. The van der Waals surface area contributed by atoms with E-state index in [4.69, 9.17) is 5.73 Å². The molecule has 19 heavy (non-hydrogen) atoms. The maximum absolute atomic E-state index is 5.84. The Balaban J connectivity index is 1.74. The minimum Gasteiger partial charge on any atom is -0.326 e. The molecule has 0 amide bonds. The number of nitrogens with zero attached hydrogens (tertiary/aromatic N) is 1. The molecule has 0 atom stereocenters. The van der Waals surface area contributed by atoms with Crippen LogP contribution in [0, 0.1) is 0 Å². The third-order valence-electron chi connectivity index (χ3n) is 3.71. The molecule has 0 radical (unpaired) electrons. The third kappa shape index (κ3) is 3.24. The van der Waals surface area contributed by atoms with Crippen molar-refractivity contribution in [1.82, 2.24) is 4.90 Å². The summed E-state index contributed by atoms with van der Waals surface area (Å²) in [5, 5.41) is 2.16. The Morgan fingerprint density at radius 3 is 2.47 bits per heavy atom. The molecule has 0 spiro atoms. The van der Waals surface area contributed by atoms with Crippen molar-refractivity contribution in [3.05, 3.63) is 57.8 Å². The molecule has 3 rings (SSSR count). The molecule has 1 aliphatic rings. The quantitative estimate of drug-likeness (QED) is 0.873. The normalized spacial score (nSPS) is 15.1. The second kappa shape index (κ2) is 5.87. The van der Waals surface area contributed by atoms with Gasteiger partial charge in [0.1, 0.15) is 0 Å². The molecular formula is C16H20N2S. The topological polar surface area (TPSA) is 29.3 Å². The maximum atomic E-state index is 5.84. The molecule has 0 aliphatic heterocycles. The van der Waals surface area contributed by atoms with Gasteiger partial charge in [-0.1, -0.05) is 30.3 Å². The van der Waals surface area contributed by atoms with E-state index in [0.29, 0.717) is 6.54 Å². The van der Waals surface area contributed by atoms with Crippen molar-refractivity contribution in [3.8, 4) is 0 Å². The molecule has 2 N–H and O–H groups in total. The highest BCUT2D eigenvalue weighted by molar-refractivity contribution is 7.09. The van der Waals surface area contributed by atoms with E-state index in [9.17, 15) is 0 Å². The van der Waals surface area contributed by atoms with Gasteiger partial charge < -0.3 is 5.73 Å². The van der Waals surface area contributed by atoms with Gasteiger partial charge in [-0.05, 0) is 35.4 Å². The molecule has 100 valence electrons. The van der Waals surface area contributed by atoms with Gasteiger partial charge in [-0.15, -0.1) is 11.3 Å². The summed E-state index contributed by atoms with van der Waals surface area (Å²) in [4.78, 5) is 4.05. The van der Waals surface area contributed by atoms with Crippen LogP contribution in [0.1, 0.15) is 28.8 Å². The summed E-state index contributed by atoms with van der Waals surface area (Å²) in [6.07, 6.45) is 2.69. The number of rotatable bonds is 6. The molecule has 1 fully saturated rings. The van der Waals surface area contributed by atoms with Gasteiger partial charge in [0.2, 0.25) is 0 Å². The molecule has 1 aromatic carbocycles. The van der Waals surface area contributed by atoms with Gasteiger partial charge in [-0.25, -0.2) is 0 Å². The first-order valence-electron chi connectivity index (χ1n) is 6.90. The lowest BCUT2D eigenvalue weighted by molar-refractivity contribution is 0.247. The highest BCUT2D eigenvalue weighted by Gasteiger charge is 2.29. The number of hydrogen-bond donors (Lipinski definition) is 1. The van der Waals surface area contributed by atoms with E-state index >= 15 is 0 Å². The number of benzene rings is 1. The molecule has 0 bridgehead atoms. The average molecular weight is 272 g/mol. The Hall–Kier alpha value is -1.16. The third-order valence-corrected chi connectivity index (χ3v) is 4.58. The second-order valence-electron chi connectivity index (χ2n) is 5.19. The van der Waals surface area contributed by atoms with Crippen LogP contribution < -0.4 is 5.73 Å². The van der Waals surface area contributed by atoms with Crippen molar-refractivity contribution in [1.29, 1.82) is 0 Å². The zero-order chi connectivity index (χ0) is 13.1. The Morgan fingerprint density at radius 2 is 1.84 bits per heavy atom. The van der Waals surface area contributed by atoms with Crippen LogP contribution in [0.25, 0.3) is 0 Å². The smallest absolute Gasteiger partial charge is 0.0334 e. The maximum Gasteiger partial charge on any atom is 0.0334 e. The molecule has 0 saturated heterocycles. The lowest BCUT2D eigenvalue weighted by atomic mass is 10.1. The molecule has 1 aliphatic carbocycles. The standard InChI is InChI=1S/C16H20N2S/c17-10-13-4-1-2-5-14(13)11-18(15-7-8-15)12-16-6-3-9-19-16/h1-6,9,15H,7-8,10-12,17H2. The predicted molar refractivity (Wildman–Crippen MR) is 80.9 cm³/mol. The molecule has 3 heteroatoms. The highest BCUT2D eigenvalue weighted by atomic mass is 32.1. The van der Waals surface area contributed by atoms with E-state index in [1.807, 2.05) is 11.3 Å². The van der Waals surface area contributed by atoms with Gasteiger partial charge in [-0.3, -0.25) is 4.90 Å². The minimum atomic E-state index is 0.633. The highest BCUT2D eigenvalue weighted by Crippen LogP contribution is 2.31.